The topological polar surface area (TPSA) is 70.0 Å². The van der Waals surface area contributed by atoms with Crippen molar-refractivity contribution in [3.05, 3.63) is 45.3 Å². The number of thiazole rings is 1. The van der Waals surface area contributed by atoms with Crippen molar-refractivity contribution < 1.29 is 41.1 Å². The van der Waals surface area contributed by atoms with Gasteiger partial charge in [0.05, 0.1) is 12.0 Å². The molecule has 2 aromatic rings. The Kier molecular flexibility index (Phi) is 6.77. The van der Waals surface area contributed by atoms with Gasteiger partial charge in [-0.3, -0.25) is 0 Å². The number of methoxy groups -OCH3 is 1. The first-order valence-corrected chi connectivity index (χ1v) is 8.67. The van der Waals surface area contributed by atoms with Gasteiger partial charge in [0.25, 0.3) is 0 Å². The van der Waals surface area contributed by atoms with Gasteiger partial charge in [-0.25, -0.2) is 4.79 Å². The average Bonchev–Trinajstić information content (AvgIpc) is 3.04. The Morgan fingerprint density at radius 3 is 2.41 bits per heavy atom. The van der Waals surface area contributed by atoms with Crippen LogP contribution < -0.4 is 4.74 Å². The number of carbonyl (C=O) groups is 1. The van der Waals surface area contributed by atoms with Crippen LogP contribution >= 0.6 is 11.3 Å². The zero-order valence-electron chi connectivity index (χ0n) is 15.3. The Balaban J connectivity index is 2.31. The summed E-state index contributed by atoms with van der Waals surface area (Å²) in [7, 11) is 2.37. The molecule has 1 heterocycles. The molecule has 0 saturated carbocycles. The first-order valence-electron chi connectivity index (χ1n) is 7.86. The largest absolute Gasteiger partial charge is 0.472 e. The zero-order chi connectivity index (χ0) is 21.8. The molecule has 158 valence electrons. The van der Waals surface area contributed by atoms with E-state index in [2.05, 4.69) is 19.7 Å². The van der Waals surface area contributed by atoms with Crippen LogP contribution in [0.3, 0.4) is 0 Å². The minimum absolute atomic E-state index is 0.0418. The van der Waals surface area contributed by atoms with Crippen molar-refractivity contribution in [2.24, 2.45) is 5.16 Å². The fourth-order valence-corrected chi connectivity index (χ4v) is 3.03. The van der Waals surface area contributed by atoms with Gasteiger partial charge in [0.15, 0.2) is 10.7 Å². The molecule has 0 aliphatic heterocycles. The predicted octanol–water partition coefficient (Wildman–Crippen LogP) is 4.21. The van der Waals surface area contributed by atoms with E-state index in [1.54, 1.807) is 18.2 Å². The van der Waals surface area contributed by atoms with Crippen molar-refractivity contribution in [3.8, 4) is 5.88 Å². The van der Waals surface area contributed by atoms with E-state index in [1.807, 2.05) is 0 Å². The summed E-state index contributed by atoms with van der Waals surface area (Å²) in [6.45, 7) is 1.03. The highest BCUT2D eigenvalue weighted by Gasteiger charge is 2.61. The monoisotopic (exact) mass is 438 g/mol. The molecule has 29 heavy (non-hydrogen) atoms. The number of nitrogens with zero attached hydrogens (tertiary/aromatic N) is 2. The molecule has 12 heteroatoms. The van der Waals surface area contributed by atoms with Crippen LogP contribution in [0.4, 0.5) is 22.0 Å². The Bertz CT molecular complexity index is 911. The number of benzene rings is 1. The number of alkyl halides is 5. The van der Waals surface area contributed by atoms with Crippen LogP contribution in [0, 0.1) is 6.92 Å². The molecule has 0 saturated heterocycles. The molecule has 0 amide bonds. The van der Waals surface area contributed by atoms with Gasteiger partial charge >= 0.3 is 18.1 Å². The number of carbonyl (C=O) groups excluding carboxylic acids is 1. The van der Waals surface area contributed by atoms with E-state index in [1.165, 1.54) is 20.1 Å². The number of hydrogen-bond acceptors (Lipinski definition) is 7. The normalized spacial score (nSPS) is 12.6. The fourth-order valence-electron chi connectivity index (χ4n) is 2.18. The minimum Gasteiger partial charge on any atom is -0.472 e. The number of ether oxygens (including phenoxy) is 2. The molecule has 1 aromatic carbocycles. The highest BCUT2D eigenvalue weighted by molar-refractivity contribution is 7.12. The molecular formula is C17H15F5N2O4S. The number of oxime groups is 1. The molecule has 0 aliphatic carbocycles. The minimum atomic E-state index is -5.77. The number of rotatable bonds is 7. The van der Waals surface area contributed by atoms with Crippen LogP contribution in [0.2, 0.25) is 0 Å². The summed E-state index contributed by atoms with van der Waals surface area (Å²) in [6, 6.07) is 6.28. The summed E-state index contributed by atoms with van der Waals surface area (Å²) < 4.78 is 74.6. The number of aromatic nitrogens is 1. The Morgan fingerprint density at radius 1 is 1.17 bits per heavy atom. The summed E-state index contributed by atoms with van der Waals surface area (Å²) in [4.78, 5) is 19.9. The Morgan fingerprint density at radius 2 is 1.83 bits per heavy atom. The highest BCUT2D eigenvalue weighted by Crippen LogP contribution is 2.46. The van der Waals surface area contributed by atoms with E-state index in [0.717, 1.165) is 7.11 Å². The first kappa shape index (κ1) is 22.5. The Hall–Kier alpha value is -2.76. The lowest BCUT2D eigenvalue weighted by Crippen LogP contribution is -2.33. The van der Waals surface area contributed by atoms with Gasteiger partial charge in [0.1, 0.15) is 13.7 Å². The van der Waals surface area contributed by atoms with Gasteiger partial charge in [0.2, 0.25) is 5.88 Å². The molecule has 0 N–H and O–H groups in total. The van der Waals surface area contributed by atoms with Crippen molar-refractivity contribution in [1.29, 1.82) is 0 Å². The molecule has 0 radical (unpaired) electrons. The first-order chi connectivity index (χ1) is 13.5. The van der Waals surface area contributed by atoms with Crippen LogP contribution in [-0.2, 0) is 26.9 Å². The van der Waals surface area contributed by atoms with Crippen LogP contribution in [0.5, 0.6) is 5.88 Å². The van der Waals surface area contributed by atoms with Crippen molar-refractivity contribution in [1.82, 2.24) is 4.98 Å². The lowest BCUT2D eigenvalue weighted by molar-refractivity contribution is -0.289. The van der Waals surface area contributed by atoms with E-state index < -0.39 is 23.1 Å². The fraction of sp³-hybridized carbons (Fsp3) is 0.353. The summed E-state index contributed by atoms with van der Waals surface area (Å²) in [5.41, 5.74) is 0.480. The average molecular weight is 438 g/mol. The number of esters is 1. The third kappa shape index (κ3) is 4.81. The van der Waals surface area contributed by atoms with Crippen molar-refractivity contribution in [2.75, 3.05) is 14.2 Å². The third-order valence-corrected chi connectivity index (χ3v) is 4.60. The maximum Gasteiger partial charge on any atom is 0.460 e. The number of halogens is 5. The Labute approximate surface area is 165 Å². The van der Waals surface area contributed by atoms with Gasteiger partial charge < -0.3 is 14.3 Å². The van der Waals surface area contributed by atoms with Crippen LogP contribution in [0.1, 0.15) is 21.0 Å². The molecule has 1 aromatic heterocycles. The van der Waals surface area contributed by atoms with Crippen molar-refractivity contribution in [3.63, 3.8) is 0 Å². The smallest absolute Gasteiger partial charge is 0.460 e. The van der Waals surface area contributed by atoms with Gasteiger partial charge in [0, 0.05) is 5.56 Å². The van der Waals surface area contributed by atoms with Crippen LogP contribution in [0.25, 0.3) is 0 Å². The van der Waals surface area contributed by atoms with E-state index >= 15 is 0 Å². The molecule has 0 fully saturated rings. The van der Waals surface area contributed by atoms with E-state index in [9.17, 15) is 26.7 Å². The summed E-state index contributed by atoms with van der Waals surface area (Å²) in [6.07, 6.45) is -5.77. The predicted molar refractivity (Wildman–Crippen MR) is 93.1 cm³/mol. The molecular weight excluding hydrogens is 423 g/mol. The van der Waals surface area contributed by atoms with Crippen molar-refractivity contribution in [2.45, 2.75) is 25.6 Å². The van der Waals surface area contributed by atoms with E-state index in [0.29, 0.717) is 5.56 Å². The molecule has 0 aliphatic rings. The molecule has 0 bridgehead atoms. The molecule has 0 spiro atoms. The zero-order valence-corrected chi connectivity index (χ0v) is 16.2. The van der Waals surface area contributed by atoms with Gasteiger partial charge in [-0.05, 0) is 12.5 Å². The second-order valence-electron chi connectivity index (χ2n) is 5.51. The highest BCUT2D eigenvalue weighted by atomic mass is 32.1. The van der Waals surface area contributed by atoms with Crippen LogP contribution in [0.15, 0.2) is 29.4 Å². The third-order valence-electron chi connectivity index (χ3n) is 3.58. The van der Waals surface area contributed by atoms with Gasteiger partial charge in [-0.1, -0.05) is 29.4 Å². The molecule has 0 unspecified atom stereocenters. The van der Waals surface area contributed by atoms with Gasteiger partial charge in [-0.15, -0.1) is 11.3 Å². The van der Waals surface area contributed by atoms with E-state index in [4.69, 9.17) is 4.74 Å². The van der Waals surface area contributed by atoms with Gasteiger partial charge in [-0.2, -0.15) is 26.9 Å². The quantitative estimate of drug-likeness (QED) is 0.280. The summed E-state index contributed by atoms with van der Waals surface area (Å²) in [5.74, 6) is -6.26. The second kappa shape index (κ2) is 8.72. The maximum atomic E-state index is 13.5. The molecule has 0 atom stereocenters. The number of aryl methyl sites for hydroxylation is 1. The lowest BCUT2D eigenvalue weighted by Gasteiger charge is -2.16. The standard InChI is InChI=1S/C17H15F5N2O4S/c1-9-13(23-15(29-9)16(18,19)17(20,21)22)28-8-10-6-4-5-7-11(10)12(24-27-3)14(25)26-2/h4-7H,8H2,1-3H3/b24-12+. The van der Waals surface area contributed by atoms with Crippen molar-refractivity contribution >= 4 is 23.0 Å². The number of hydrogen-bond donors (Lipinski definition) is 0. The SMILES string of the molecule is CO/N=C(/C(=O)OC)c1ccccc1COc1nc(C(F)(F)C(F)(F)F)sc1C. The second-order valence-corrected chi connectivity index (χ2v) is 6.72. The lowest BCUT2D eigenvalue weighted by atomic mass is 10.0. The van der Waals surface area contributed by atoms with Crippen LogP contribution in [-0.4, -0.2) is 37.1 Å². The molecule has 2 rings (SSSR count). The summed E-state index contributed by atoms with van der Waals surface area (Å²) >= 11 is 0.187. The maximum absolute atomic E-state index is 13.5. The summed E-state index contributed by atoms with van der Waals surface area (Å²) in [5, 5.41) is 2.20. The van der Waals surface area contributed by atoms with E-state index in [-0.39, 0.29) is 40.0 Å². The molecule has 6 nitrogen and oxygen atoms in total.